The monoisotopic (exact) mass is 379 g/mol. The first kappa shape index (κ1) is 19.4. The lowest BCUT2D eigenvalue weighted by Crippen LogP contribution is -2.20. The van der Waals surface area contributed by atoms with Crippen molar-refractivity contribution in [3.8, 4) is 0 Å². The number of hydrogen-bond donors (Lipinski definition) is 2. The second-order valence-corrected chi connectivity index (χ2v) is 6.78. The summed E-state index contributed by atoms with van der Waals surface area (Å²) < 4.78 is 5.20. The van der Waals surface area contributed by atoms with E-state index >= 15 is 0 Å². The third-order valence-electron chi connectivity index (χ3n) is 4.42. The molecule has 1 aromatic carbocycles. The van der Waals surface area contributed by atoms with Crippen molar-refractivity contribution in [3.63, 3.8) is 0 Å². The van der Waals surface area contributed by atoms with Gasteiger partial charge in [0.05, 0.1) is 6.26 Å². The molecule has 0 bridgehead atoms. The summed E-state index contributed by atoms with van der Waals surface area (Å²) >= 11 is 0. The number of Topliss-reactive ketones (excluding diaryl/α,β-unsaturated/α-hetero) is 2. The zero-order valence-electron chi connectivity index (χ0n) is 15.5. The van der Waals surface area contributed by atoms with Gasteiger partial charge < -0.3 is 14.8 Å². The molecule has 1 aliphatic rings. The summed E-state index contributed by atoms with van der Waals surface area (Å²) in [6, 6.07) is 10.4. The van der Waals surface area contributed by atoms with E-state index in [1.54, 1.807) is 43.5 Å². The summed E-state index contributed by atoms with van der Waals surface area (Å²) in [6.07, 6.45) is 4.00. The van der Waals surface area contributed by atoms with Crippen molar-refractivity contribution in [2.45, 2.75) is 32.6 Å². The van der Waals surface area contributed by atoms with Gasteiger partial charge in [-0.3, -0.25) is 14.4 Å². The van der Waals surface area contributed by atoms with E-state index in [0.717, 1.165) is 11.3 Å². The maximum atomic E-state index is 12.4. The lowest BCUT2D eigenvalue weighted by Gasteiger charge is -2.13. The highest BCUT2D eigenvalue weighted by Crippen LogP contribution is 2.22. The molecule has 144 valence electrons. The van der Waals surface area contributed by atoms with Gasteiger partial charge in [0.25, 0.3) is 0 Å². The van der Waals surface area contributed by atoms with Crippen LogP contribution < -0.4 is 5.32 Å². The number of carbonyl (C=O) groups is 3. The Labute approximate surface area is 162 Å². The number of aryl methyl sites for hydroxylation is 1. The highest BCUT2D eigenvalue weighted by molar-refractivity contribution is 6.22. The molecule has 1 aromatic heterocycles. The van der Waals surface area contributed by atoms with E-state index in [1.807, 2.05) is 6.07 Å². The number of benzene rings is 1. The minimum absolute atomic E-state index is 0.00470. The smallest absolute Gasteiger partial charge is 0.224 e. The van der Waals surface area contributed by atoms with Crippen molar-refractivity contribution < 1.29 is 23.9 Å². The zero-order chi connectivity index (χ0) is 20.1. The Kier molecular flexibility index (Phi) is 5.89. The van der Waals surface area contributed by atoms with Crippen LogP contribution in [-0.2, 0) is 27.2 Å². The summed E-state index contributed by atoms with van der Waals surface area (Å²) in [5, 5.41) is 12.7. The van der Waals surface area contributed by atoms with Gasteiger partial charge in [-0.05, 0) is 42.8 Å². The van der Waals surface area contributed by atoms with E-state index in [4.69, 9.17) is 4.42 Å². The molecule has 1 aliphatic carbocycles. The van der Waals surface area contributed by atoms with Gasteiger partial charge in [-0.2, -0.15) is 0 Å². The summed E-state index contributed by atoms with van der Waals surface area (Å²) in [5.74, 6) is -0.419. The van der Waals surface area contributed by atoms with Crippen LogP contribution >= 0.6 is 0 Å². The highest BCUT2D eigenvalue weighted by Gasteiger charge is 2.25. The van der Waals surface area contributed by atoms with Crippen molar-refractivity contribution in [2.24, 2.45) is 0 Å². The van der Waals surface area contributed by atoms with Gasteiger partial charge >= 0.3 is 0 Å². The van der Waals surface area contributed by atoms with E-state index in [-0.39, 0.29) is 35.9 Å². The molecule has 0 saturated carbocycles. The molecule has 1 heterocycles. The average molecular weight is 379 g/mol. The first-order chi connectivity index (χ1) is 13.4. The normalized spacial score (nSPS) is 14.0. The molecular formula is C22H21NO5. The molecule has 28 heavy (non-hydrogen) atoms. The summed E-state index contributed by atoms with van der Waals surface area (Å²) in [7, 11) is 0. The largest absolute Gasteiger partial charge is 0.507 e. The van der Waals surface area contributed by atoms with Crippen molar-refractivity contribution in [3.05, 3.63) is 77.0 Å². The SMILES string of the molecule is CC1=CC(O)=C(C(=O)Cc2ccc(NC(=O)CCc3ccco3)cc2)C(=O)C1. The molecule has 6 nitrogen and oxygen atoms in total. The van der Waals surface area contributed by atoms with Gasteiger partial charge in [0.15, 0.2) is 11.6 Å². The maximum absolute atomic E-state index is 12.4. The quantitative estimate of drug-likeness (QED) is 0.715. The fraction of sp³-hybridized carbons (Fsp3) is 0.227. The topological polar surface area (TPSA) is 96.6 Å². The van der Waals surface area contributed by atoms with Gasteiger partial charge in [-0.15, -0.1) is 0 Å². The molecule has 3 rings (SSSR count). The van der Waals surface area contributed by atoms with Crippen LogP contribution in [0.5, 0.6) is 0 Å². The Bertz CT molecular complexity index is 949. The van der Waals surface area contributed by atoms with Crippen molar-refractivity contribution in [2.75, 3.05) is 5.32 Å². The number of nitrogens with one attached hydrogen (secondary N) is 1. The Morgan fingerprint density at radius 1 is 1.18 bits per heavy atom. The zero-order valence-corrected chi connectivity index (χ0v) is 15.5. The van der Waals surface area contributed by atoms with E-state index in [9.17, 15) is 19.5 Å². The second-order valence-electron chi connectivity index (χ2n) is 6.78. The summed E-state index contributed by atoms with van der Waals surface area (Å²) in [5.41, 5.74) is 1.90. The standard InChI is InChI=1S/C22H21NO5/c1-14-11-18(24)22(19(25)12-14)20(26)13-15-4-6-16(7-5-15)23-21(27)9-8-17-3-2-10-28-17/h2-7,10-11,24H,8-9,12-13H2,1H3,(H,23,27). The fourth-order valence-corrected chi connectivity index (χ4v) is 3.03. The number of hydrogen-bond acceptors (Lipinski definition) is 5. The number of furan rings is 1. The number of carbonyl (C=O) groups excluding carboxylic acids is 3. The van der Waals surface area contributed by atoms with Crippen LogP contribution in [0.1, 0.15) is 31.1 Å². The van der Waals surface area contributed by atoms with Crippen LogP contribution in [0.25, 0.3) is 0 Å². The van der Waals surface area contributed by atoms with E-state index in [1.165, 1.54) is 6.08 Å². The molecular weight excluding hydrogens is 358 g/mol. The Morgan fingerprint density at radius 3 is 2.57 bits per heavy atom. The van der Waals surface area contributed by atoms with Crippen molar-refractivity contribution >= 4 is 23.2 Å². The first-order valence-electron chi connectivity index (χ1n) is 9.00. The Morgan fingerprint density at radius 2 is 1.93 bits per heavy atom. The minimum atomic E-state index is -0.415. The van der Waals surface area contributed by atoms with E-state index in [2.05, 4.69) is 5.32 Å². The predicted molar refractivity (Wildman–Crippen MR) is 104 cm³/mol. The molecule has 0 atom stereocenters. The molecule has 0 fully saturated rings. The molecule has 2 N–H and O–H groups in total. The second kappa shape index (κ2) is 8.52. The Balaban J connectivity index is 1.57. The highest BCUT2D eigenvalue weighted by atomic mass is 16.3. The number of ketones is 2. The van der Waals surface area contributed by atoms with Gasteiger partial charge in [-0.1, -0.05) is 17.7 Å². The number of aliphatic hydroxyl groups is 1. The van der Waals surface area contributed by atoms with Crippen LogP contribution in [0, 0.1) is 0 Å². The van der Waals surface area contributed by atoms with Crippen LogP contribution in [-0.4, -0.2) is 22.6 Å². The van der Waals surface area contributed by atoms with Crippen LogP contribution in [0.2, 0.25) is 0 Å². The number of allylic oxidation sites excluding steroid dienone is 3. The molecule has 1 amide bonds. The summed E-state index contributed by atoms with van der Waals surface area (Å²) in [6.45, 7) is 1.73. The molecule has 0 spiro atoms. The third-order valence-corrected chi connectivity index (χ3v) is 4.42. The summed E-state index contributed by atoms with van der Waals surface area (Å²) in [4.78, 5) is 36.4. The van der Waals surface area contributed by atoms with Crippen LogP contribution in [0.3, 0.4) is 0 Å². The third kappa shape index (κ3) is 4.85. The number of rotatable bonds is 7. The van der Waals surface area contributed by atoms with Crippen molar-refractivity contribution in [1.82, 2.24) is 0 Å². The molecule has 2 aromatic rings. The van der Waals surface area contributed by atoms with Gasteiger partial charge in [-0.25, -0.2) is 0 Å². The molecule has 6 heteroatoms. The molecule has 0 saturated heterocycles. The number of anilines is 1. The van der Waals surface area contributed by atoms with E-state index in [0.29, 0.717) is 24.1 Å². The van der Waals surface area contributed by atoms with E-state index < -0.39 is 5.78 Å². The molecule has 0 aliphatic heterocycles. The van der Waals surface area contributed by atoms with Gasteiger partial charge in [0.2, 0.25) is 5.91 Å². The van der Waals surface area contributed by atoms with Crippen molar-refractivity contribution in [1.29, 1.82) is 0 Å². The Hall–Kier alpha value is -3.41. The number of amides is 1. The van der Waals surface area contributed by atoms with Gasteiger partial charge in [0.1, 0.15) is 17.1 Å². The first-order valence-corrected chi connectivity index (χ1v) is 9.00. The van der Waals surface area contributed by atoms with Crippen LogP contribution in [0.15, 0.2) is 70.1 Å². The van der Waals surface area contributed by atoms with Gasteiger partial charge in [0, 0.05) is 31.4 Å². The predicted octanol–water partition coefficient (Wildman–Crippen LogP) is 3.69. The van der Waals surface area contributed by atoms with Crippen LogP contribution in [0.4, 0.5) is 5.69 Å². The fourth-order valence-electron chi connectivity index (χ4n) is 3.03. The number of aliphatic hydroxyl groups excluding tert-OH is 1. The average Bonchev–Trinajstić information content (AvgIpc) is 3.14. The minimum Gasteiger partial charge on any atom is -0.507 e. The lowest BCUT2D eigenvalue weighted by atomic mass is 9.91. The lowest BCUT2D eigenvalue weighted by molar-refractivity contribution is -0.121. The molecule has 0 radical (unpaired) electrons. The maximum Gasteiger partial charge on any atom is 0.224 e. The molecule has 0 unspecified atom stereocenters.